The molecule has 0 saturated carbocycles. The highest BCUT2D eigenvalue weighted by atomic mass is 16.2. The van der Waals surface area contributed by atoms with Gasteiger partial charge in [-0.3, -0.25) is 24.2 Å². The number of nitrogens with one attached hydrogen (secondary N) is 4. The van der Waals surface area contributed by atoms with Gasteiger partial charge >= 0.3 is 0 Å². The van der Waals surface area contributed by atoms with Gasteiger partial charge in [-0.2, -0.15) is 0 Å². The first kappa shape index (κ1) is 32.7. The van der Waals surface area contributed by atoms with Crippen LogP contribution in [0.2, 0.25) is 0 Å². The van der Waals surface area contributed by atoms with Gasteiger partial charge < -0.3 is 21.3 Å². The number of aromatic nitrogens is 1. The van der Waals surface area contributed by atoms with Crippen LogP contribution in [0.15, 0.2) is 48.8 Å². The molecule has 1 aliphatic heterocycles. The molecule has 4 N–H and O–H groups in total. The van der Waals surface area contributed by atoms with E-state index >= 15 is 0 Å². The highest BCUT2D eigenvalue weighted by Gasteiger charge is 2.27. The summed E-state index contributed by atoms with van der Waals surface area (Å²) in [5.41, 5.74) is 0.853. The summed E-state index contributed by atoms with van der Waals surface area (Å²) >= 11 is 0. The average molecular weight is 554 g/mol. The summed E-state index contributed by atoms with van der Waals surface area (Å²) in [6.07, 6.45) is 18.6. The van der Waals surface area contributed by atoms with Crippen molar-refractivity contribution in [3.05, 3.63) is 54.4 Å². The lowest BCUT2D eigenvalue weighted by Crippen LogP contribution is -2.55. The van der Waals surface area contributed by atoms with Crippen molar-refractivity contribution in [3.8, 4) is 0 Å². The first-order valence-electron chi connectivity index (χ1n) is 14.7. The second-order valence-corrected chi connectivity index (χ2v) is 10.7. The summed E-state index contributed by atoms with van der Waals surface area (Å²) in [5, 5.41) is 11.4. The Morgan fingerprint density at radius 1 is 1.02 bits per heavy atom. The van der Waals surface area contributed by atoms with Gasteiger partial charge in [0.1, 0.15) is 12.1 Å². The van der Waals surface area contributed by atoms with Crippen LogP contribution in [0, 0.1) is 5.92 Å². The maximum atomic E-state index is 13.5. The Bertz CT molecular complexity index is 993. The van der Waals surface area contributed by atoms with Crippen molar-refractivity contribution in [1.29, 1.82) is 0 Å². The second kappa shape index (κ2) is 18.7. The van der Waals surface area contributed by atoms with Crippen molar-refractivity contribution >= 4 is 23.6 Å². The van der Waals surface area contributed by atoms with Crippen LogP contribution in [-0.4, -0.2) is 53.3 Å². The Balaban J connectivity index is 2.09. The van der Waals surface area contributed by atoms with Crippen LogP contribution in [0.5, 0.6) is 0 Å². The number of rotatable bonds is 14. The van der Waals surface area contributed by atoms with E-state index in [0.717, 1.165) is 24.8 Å². The number of unbranched alkanes of at least 4 members (excludes halogenated alkanes) is 6. The van der Waals surface area contributed by atoms with Crippen LogP contribution in [0.25, 0.3) is 0 Å². The zero-order valence-electron chi connectivity index (χ0n) is 24.3. The second-order valence-electron chi connectivity index (χ2n) is 10.7. The SMILES string of the molecule is CCCCCCCCCC(=O)N[C@@H](Cc1ccncc1)C(=O)N[C@H]1/C=C/CCNC(=O)/C=C/[C@H](C(C)C)NC1=O. The van der Waals surface area contributed by atoms with Crippen molar-refractivity contribution in [2.75, 3.05) is 6.54 Å². The molecule has 0 unspecified atom stereocenters. The molecular formula is C31H47N5O4. The highest BCUT2D eigenvalue weighted by Crippen LogP contribution is 2.10. The molecule has 0 radical (unpaired) electrons. The van der Waals surface area contributed by atoms with Crippen molar-refractivity contribution < 1.29 is 19.2 Å². The molecule has 2 rings (SSSR count). The van der Waals surface area contributed by atoms with Gasteiger partial charge in [-0.1, -0.05) is 77.5 Å². The summed E-state index contributed by atoms with van der Waals surface area (Å²) in [7, 11) is 0. The van der Waals surface area contributed by atoms with Gasteiger partial charge in [0, 0.05) is 43.9 Å². The molecule has 0 saturated heterocycles. The number of carbonyl (C=O) groups excluding carboxylic acids is 4. The van der Waals surface area contributed by atoms with E-state index in [4.69, 9.17) is 0 Å². The molecule has 2 heterocycles. The summed E-state index contributed by atoms with van der Waals surface area (Å²) in [4.78, 5) is 55.5. The molecule has 9 nitrogen and oxygen atoms in total. The molecule has 0 bridgehead atoms. The van der Waals surface area contributed by atoms with Gasteiger partial charge in [-0.15, -0.1) is 0 Å². The maximum Gasteiger partial charge on any atom is 0.247 e. The van der Waals surface area contributed by atoms with E-state index in [0.29, 0.717) is 19.4 Å². The lowest BCUT2D eigenvalue weighted by molar-refractivity contribution is -0.131. The molecule has 220 valence electrons. The number of carbonyl (C=O) groups is 4. The standard InChI is InChI=1S/C31H47N5O4/c1-4-5-6-7-8-9-10-14-29(38)34-27(22-24-17-20-32-21-18-24)31(40)36-26-13-11-12-19-33-28(37)16-15-25(23(2)3)35-30(26)39/h11,13,15-18,20-21,23,25-27H,4-10,12,14,19,22H2,1-3H3,(H,33,37)(H,34,38)(H,35,39)(H,36,40)/b13-11+,16-15+/t25-,26+,27+/m1/s1. The molecule has 3 atom stereocenters. The first-order chi connectivity index (χ1) is 19.3. The van der Waals surface area contributed by atoms with E-state index in [2.05, 4.69) is 33.2 Å². The normalized spacial score (nSPS) is 20.3. The Hall–Kier alpha value is -3.49. The number of hydrogen-bond acceptors (Lipinski definition) is 5. The molecule has 0 fully saturated rings. The molecule has 1 aromatic rings. The minimum atomic E-state index is -0.933. The fraction of sp³-hybridized carbons (Fsp3) is 0.581. The highest BCUT2D eigenvalue weighted by molar-refractivity contribution is 5.93. The average Bonchev–Trinajstić information content (AvgIpc) is 2.93. The number of pyridine rings is 1. The van der Waals surface area contributed by atoms with Crippen molar-refractivity contribution in [2.24, 2.45) is 5.92 Å². The largest absolute Gasteiger partial charge is 0.352 e. The lowest BCUT2D eigenvalue weighted by Gasteiger charge is -2.25. The smallest absolute Gasteiger partial charge is 0.247 e. The number of nitrogens with zero attached hydrogens (tertiary/aromatic N) is 1. The summed E-state index contributed by atoms with van der Waals surface area (Å²) < 4.78 is 0. The van der Waals surface area contributed by atoms with E-state index in [1.54, 1.807) is 42.8 Å². The topological polar surface area (TPSA) is 129 Å². The maximum absolute atomic E-state index is 13.5. The Morgan fingerprint density at radius 2 is 1.73 bits per heavy atom. The van der Waals surface area contributed by atoms with Crippen molar-refractivity contribution in [2.45, 2.75) is 103 Å². The first-order valence-corrected chi connectivity index (χ1v) is 14.7. The fourth-order valence-electron chi connectivity index (χ4n) is 4.38. The molecule has 0 aromatic carbocycles. The predicted molar refractivity (Wildman–Crippen MR) is 157 cm³/mol. The van der Waals surface area contributed by atoms with Gasteiger partial charge in [-0.05, 0) is 36.5 Å². The Kier molecular flexibility index (Phi) is 15.3. The van der Waals surface area contributed by atoms with Gasteiger partial charge in [-0.25, -0.2) is 0 Å². The third-order valence-corrected chi connectivity index (χ3v) is 6.85. The molecule has 0 aliphatic carbocycles. The van der Waals surface area contributed by atoms with Crippen LogP contribution in [0.1, 0.15) is 84.1 Å². The van der Waals surface area contributed by atoms with Crippen LogP contribution in [0.4, 0.5) is 0 Å². The van der Waals surface area contributed by atoms with Crippen molar-refractivity contribution in [1.82, 2.24) is 26.3 Å². The molecule has 40 heavy (non-hydrogen) atoms. The quantitative estimate of drug-likeness (QED) is 0.207. The summed E-state index contributed by atoms with van der Waals surface area (Å²) in [6, 6.07) is 1.44. The van der Waals surface area contributed by atoms with Gasteiger partial charge in [0.15, 0.2) is 0 Å². The predicted octanol–water partition coefficient (Wildman–Crippen LogP) is 3.51. The van der Waals surface area contributed by atoms with Crippen LogP contribution in [0.3, 0.4) is 0 Å². The van der Waals surface area contributed by atoms with E-state index in [9.17, 15) is 19.2 Å². The zero-order valence-corrected chi connectivity index (χ0v) is 24.3. The lowest BCUT2D eigenvalue weighted by atomic mass is 10.0. The number of hydrogen-bond donors (Lipinski definition) is 4. The molecule has 0 spiro atoms. The monoisotopic (exact) mass is 553 g/mol. The Labute approximate surface area is 239 Å². The van der Waals surface area contributed by atoms with Crippen molar-refractivity contribution in [3.63, 3.8) is 0 Å². The van der Waals surface area contributed by atoms with E-state index in [1.807, 2.05) is 13.8 Å². The van der Waals surface area contributed by atoms with E-state index in [1.165, 1.54) is 31.8 Å². The van der Waals surface area contributed by atoms with Gasteiger partial charge in [0.05, 0.1) is 0 Å². The molecule has 9 heteroatoms. The molecular weight excluding hydrogens is 506 g/mol. The Morgan fingerprint density at radius 3 is 2.42 bits per heavy atom. The van der Waals surface area contributed by atoms with Crippen LogP contribution in [-0.2, 0) is 25.6 Å². The van der Waals surface area contributed by atoms with Crippen LogP contribution < -0.4 is 21.3 Å². The molecule has 4 amide bonds. The third-order valence-electron chi connectivity index (χ3n) is 6.85. The minimum absolute atomic E-state index is 0.0293. The van der Waals surface area contributed by atoms with E-state index < -0.39 is 18.0 Å². The van der Waals surface area contributed by atoms with Crippen LogP contribution >= 0.6 is 0 Å². The zero-order chi connectivity index (χ0) is 29.2. The third kappa shape index (κ3) is 13.0. The number of amides is 4. The van der Waals surface area contributed by atoms with Gasteiger partial charge in [0.2, 0.25) is 23.6 Å². The molecule has 1 aliphatic rings. The summed E-state index contributed by atoms with van der Waals surface area (Å²) in [5.74, 6) is -1.19. The molecule has 1 aromatic heterocycles. The summed E-state index contributed by atoms with van der Waals surface area (Å²) in [6.45, 7) is 6.48. The van der Waals surface area contributed by atoms with E-state index in [-0.39, 0.29) is 36.1 Å². The van der Waals surface area contributed by atoms with Gasteiger partial charge in [0.25, 0.3) is 0 Å². The fourth-order valence-corrected chi connectivity index (χ4v) is 4.38. The minimum Gasteiger partial charge on any atom is -0.352 e.